The van der Waals surface area contributed by atoms with Crippen LogP contribution >= 0.6 is 11.3 Å². The average Bonchev–Trinajstić information content (AvgIpc) is 3.40. The first-order valence-corrected chi connectivity index (χ1v) is 12.2. The molecule has 4 aromatic rings. The number of carbonyl (C=O) groups excluding carboxylic acids is 1. The van der Waals surface area contributed by atoms with Crippen molar-refractivity contribution in [2.75, 3.05) is 12.4 Å². The summed E-state index contributed by atoms with van der Waals surface area (Å²) in [6.07, 6.45) is 11.4. The Balaban J connectivity index is 1.25. The molecule has 4 heterocycles. The minimum atomic E-state index is 0.00454. The van der Waals surface area contributed by atoms with Gasteiger partial charge in [0.2, 0.25) is 11.9 Å². The number of hydrogen-bond acceptors (Lipinski definition) is 7. The Hall–Kier alpha value is -3.20. The number of nitrogens with zero attached hydrogens (tertiary/aromatic N) is 4. The Morgan fingerprint density at radius 2 is 2.24 bits per heavy atom. The lowest BCUT2D eigenvalue weighted by Gasteiger charge is -2.40. The third-order valence-electron chi connectivity index (χ3n) is 7.03. The van der Waals surface area contributed by atoms with Crippen molar-refractivity contribution in [2.24, 2.45) is 5.92 Å². The summed E-state index contributed by atoms with van der Waals surface area (Å²) in [7, 11) is 1.63. The normalized spacial score (nSPS) is 19.2. The number of aromatic nitrogens is 4. The van der Waals surface area contributed by atoms with E-state index in [1.807, 2.05) is 24.5 Å². The molecule has 2 aliphatic rings. The molecule has 170 valence electrons. The summed E-state index contributed by atoms with van der Waals surface area (Å²) >= 11 is 1.68. The van der Waals surface area contributed by atoms with E-state index in [-0.39, 0.29) is 17.4 Å². The number of anilines is 2. The van der Waals surface area contributed by atoms with Gasteiger partial charge >= 0.3 is 0 Å². The second-order valence-corrected chi connectivity index (χ2v) is 10.4. The molecule has 2 N–H and O–H groups in total. The molecule has 9 heteroatoms. The molecule has 0 bridgehead atoms. The number of amides is 1. The molecular formula is C24H26N6O2S. The van der Waals surface area contributed by atoms with Crippen LogP contribution in [0.2, 0.25) is 0 Å². The van der Waals surface area contributed by atoms with Gasteiger partial charge in [-0.3, -0.25) is 4.79 Å². The topological polar surface area (TPSA) is 93.4 Å². The van der Waals surface area contributed by atoms with Gasteiger partial charge < -0.3 is 15.4 Å². The van der Waals surface area contributed by atoms with Gasteiger partial charge in [-0.1, -0.05) is 0 Å². The van der Waals surface area contributed by atoms with Crippen LogP contribution in [0.5, 0.6) is 5.75 Å². The summed E-state index contributed by atoms with van der Waals surface area (Å²) in [6.45, 7) is 2.16. The third kappa shape index (κ3) is 3.60. The first kappa shape index (κ1) is 20.4. The van der Waals surface area contributed by atoms with Gasteiger partial charge in [-0.15, -0.1) is 11.3 Å². The van der Waals surface area contributed by atoms with Gasteiger partial charge in [0.25, 0.3) is 0 Å². The van der Waals surface area contributed by atoms with E-state index in [4.69, 9.17) is 9.72 Å². The van der Waals surface area contributed by atoms with Crippen molar-refractivity contribution in [2.45, 2.75) is 51.0 Å². The van der Waals surface area contributed by atoms with Crippen LogP contribution < -0.4 is 15.4 Å². The van der Waals surface area contributed by atoms with Crippen molar-refractivity contribution < 1.29 is 9.53 Å². The number of thiophene rings is 1. The maximum atomic E-state index is 12.9. The molecule has 2 aliphatic carbocycles. The van der Waals surface area contributed by atoms with Crippen molar-refractivity contribution in [3.63, 3.8) is 0 Å². The van der Waals surface area contributed by atoms with Gasteiger partial charge in [-0.25, -0.2) is 14.5 Å². The van der Waals surface area contributed by atoms with E-state index in [1.165, 1.54) is 16.9 Å². The third-order valence-corrected chi connectivity index (χ3v) is 8.19. The van der Waals surface area contributed by atoms with Crippen LogP contribution in [-0.2, 0) is 17.6 Å². The minimum Gasteiger partial charge on any atom is -0.493 e. The Morgan fingerprint density at radius 3 is 3.03 bits per heavy atom. The van der Waals surface area contributed by atoms with Gasteiger partial charge in [0, 0.05) is 34.1 Å². The Bertz CT molecular complexity index is 1370. The average molecular weight is 463 g/mol. The first-order valence-electron chi connectivity index (χ1n) is 11.4. The van der Waals surface area contributed by atoms with E-state index >= 15 is 0 Å². The van der Waals surface area contributed by atoms with Gasteiger partial charge in [0.1, 0.15) is 4.83 Å². The van der Waals surface area contributed by atoms with E-state index in [1.54, 1.807) is 29.2 Å². The summed E-state index contributed by atoms with van der Waals surface area (Å²) in [4.78, 5) is 24.4. The van der Waals surface area contributed by atoms with E-state index in [2.05, 4.69) is 27.6 Å². The molecule has 6 rings (SSSR count). The number of carbonyl (C=O) groups is 1. The van der Waals surface area contributed by atoms with Gasteiger partial charge in [-0.2, -0.15) is 5.10 Å². The molecule has 1 atom stereocenters. The van der Waals surface area contributed by atoms with Gasteiger partial charge in [-0.05, 0) is 63.1 Å². The molecule has 4 aromatic heterocycles. The Labute approximate surface area is 195 Å². The number of pyridine rings is 1. The summed E-state index contributed by atoms with van der Waals surface area (Å²) in [6, 6.07) is 3.89. The van der Waals surface area contributed by atoms with E-state index in [0.29, 0.717) is 11.7 Å². The monoisotopic (exact) mass is 462 g/mol. The lowest BCUT2D eigenvalue weighted by Crippen LogP contribution is -2.53. The molecule has 0 aliphatic heterocycles. The lowest BCUT2D eigenvalue weighted by atomic mass is 9.77. The van der Waals surface area contributed by atoms with Gasteiger partial charge in [0.05, 0.1) is 24.5 Å². The first-order chi connectivity index (χ1) is 16.0. The molecule has 1 amide bonds. The molecule has 1 fully saturated rings. The molecule has 1 unspecified atom stereocenters. The number of methoxy groups -OCH3 is 1. The molecule has 0 aromatic carbocycles. The quantitative estimate of drug-likeness (QED) is 0.460. The molecule has 0 spiro atoms. The van der Waals surface area contributed by atoms with E-state index < -0.39 is 0 Å². The molecule has 8 nitrogen and oxygen atoms in total. The highest BCUT2D eigenvalue weighted by Gasteiger charge is 2.36. The smallest absolute Gasteiger partial charge is 0.228 e. The summed E-state index contributed by atoms with van der Waals surface area (Å²) < 4.78 is 7.28. The zero-order valence-corrected chi connectivity index (χ0v) is 19.5. The number of ether oxygens (including phenoxy) is 1. The fraction of sp³-hybridized carbons (Fsp3) is 0.417. The summed E-state index contributed by atoms with van der Waals surface area (Å²) in [5, 5.41) is 11.9. The molecular weight excluding hydrogens is 436 g/mol. The predicted molar refractivity (Wildman–Crippen MR) is 128 cm³/mol. The van der Waals surface area contributed by atoms with Crippen LogP contribution in [0, 0.1) is 5.92 Å². The van der Waals surface area contributed by atoms with Crippen molar-refractivity contribution in [1.82, 2.24) is 24.9 Å². The van der Waals surface area contributed by atoms with Crippen molar-refractivity contribution in [3.05, 3.63) is 41.2 Å². The van der Waals surface area contributed by atoms with Crippen molar-refractivity contribution >= 4 is 44.6 Å². The minimum absolute atomic E-state index is 0.00454. The van der Waals surface area contributed by atoms with Gasteiger partial charge in [0.15, 0.2) is 5.75 Å². The number of rotatable bonds is 5. The SMILES string of the molecule is COc1cn2nccc2cc1Nc1ncc2c3c(sc2n1)CC(C(=O)NC1(C)CCC1)CC3. The largest absolute Gasteiger partial charge is 0.493 e. The highest BCUT2D eigenvalue weighted by Crippen LogP contribution is 2.39. The van der Waals surface area contributed by atoms with E-state index in [0.717, 1.165) is 53.5 Å². The highest BCUT2D eigenvalue weighted by atomic mass is 32.1. The number of aryl methyl sites for hydroxylation is 1. The van der Waals surface area contributed by atoms with Crippen molar-refractivity contribution in [3.8, 4) is 5.75 Å². The van der Waals surface area contributed by atoms with E-state index in [9.17, 15) is 4.79 Å². The second-order valence-electron chi connectivity index (χ2n) is 9.34. The lowest BCUT2D eigenvalue weighted by molar-refractivity contribution is -0.128. The molecule has 33 heavy (non-hydrogen) atoms. The number of hydrogen-bond donors (Lipinski definition) is 2. The number of nitrogens with one attached hydrogen (secondary N) is 2. The van der Waals surface area contributed by atoms with Crippen molar-refractivity contribution in [1.29, 1.82) is 0 Å². The van der Waals surface area contributed by atoms with Crippen LogP contribution in [0.3, 0.4) is 0 Å². The fourth-order valence-corrected chi connectivity index (χ4v) is 6.18. The summed E-state index contributed by atoms with van der Waals surface area (Å²) in [5.41, 5.74) is 3.04. The Kier molecular flexibility index (Phi) is 4.76. The predicted octanol–water partition coefficient (Wildman–Crippen LogP) is 4.25. The molecule has 0 saturated heterocycles. The standard InChI is InChI=1S/C24H26N6O2S/c1-24(7-3-8-24)29-21(31)14-4-5-16-17-12-25-23(28-22(17)33-20(16)10-14)27-18-11-15-6-9-26-30(15)13-19(18)32-2/h6,9,11-14H,3-5,7-8,10H2,1-2H3,(H,29,31)(H,25,27,28). The van der Waals surface area contributed by atoms with Crippen LogP contribution in [-0.4, -0.2) is 38.1 Å². The molecule has 0 radical (unpaired) electrons. The van der Waals surface area contributed by atoms with Crippen LogP contribution in [0.25, 0.3) is 15.7 Å². The zero-order valence-electron chi connectivity index (χ0n) is 18.7. The maximum Gasteiger partial charge on any atom is 0.228 e. The van der Waals surface area contributed by atoms with Crippen LogP contribution in [0.1, 0.15) is 43.0 Å². The second kappa shape index (κ2) is 7.69. The fourth-order valence-electron chi connectivity index (χ4n) is 4.91. The zero-order chi connectivity index (χ0) is 22.6. The number of fused-ring (bicyclic) bond motifs is 4. The summed E-state index contributed by atoms with van der Waals surface area (Å²) in [5.74, 6) is 1.43. The molecule has 1 saturated carbocycles. The maximum absolute atomic E-state index is 12.9. The van der Waals surface area contributed by atoms with Crippen LogP contribution in [0.15, 0.2) is 30.7 Å². The van der Waals surface area contributed by atoms with Crippen LogP contribution in [0.4, 0.5) is 11.6 Å². The Morgan fingerprint density at radius 1 is 1.36 bits per heavy atom. The highest BCUT2D eigenvalue weighted by molar-refractivity contribution is 7.18.